The van der Waals surface area contributed by atoms with Crippen molar-refractivity contribution in [1.82, 2.24) is 10.2 Å². The van der Waals surface area contributed by atoms with E-state index in [9.17, 15) is 0 Å². The number of hydrogen-bond donors (Lipinski definition) is 0. The summed E-state index contributed by atoms with van der Waals surface area (Å²) < 4.78 is 6.77. The molecule has 0 saturated heterocycles. The van der Waals surface area contributed by atoms with Crippen LogP contribution in [-0.4, -0.2) is 16.1 Å². The number of alkyl halides is 1. The van der Waals surface area contributed by atoms with Gasteiger partial charge in [0.15, 0.2) is 0 Å². The molecule has 0 unspecified atom stereocenters. The molecule has 0 fully saturated rings. The highest BCUT2D eigenvalue weighted by atomic mass is 35.5. The number of fused-ring (bicyclic) bond motifs is 1. The van der Waals surface area contributed by atoms with Gasteiger partial charge in [-0.1, -0.05) is 18.2 Å². The maximum Gasteiger partial charge on any atom is 0.257 e. The lowest BCUT2D eigenvalue weighted by molar-refractivity contribution is 0.515. The SMILES string of the molecule is ClCCc1nnc(-c2cc3ccccc3s2)o1. The zero-order valence-electron chi connectivity index (χ0n) is 8.89. The van der Waals surface area contributed by atoms with Crippen molar-refractivity contribution >= 4 is 33.0 Å². The molecule has 0 aliphatic heterocycles. The molecular weight excluding hydrogens is 256 g/mol. The average molecular weight is 265 g/mol. The van der Waals surface area contributed by atoms with Gasteiger partial charge in [-0.3, -0.25) is 0 Å². The number of thiophene rings is 1. The summed E-state index contributed by atoms with van der Waals surface area (Å²) >= 11 is 7.28. The van der Waals surface area contributed by atoms with E-state index in [1.165, 1.54) is 10.1 Å². The minimum atomic E-state index is 0.494. The number of aryl methyl sites for hydroxylation is 1. The summed E-state index contributed by atoms with van der Waals surface area (Å²) in [6, 6.07) is 10.3. The zero-order valence-corrected chi connectivity index (χ0v) is 10.5. The first-order chi connectivity index (χ1) is 8.36. The van der Waals surface area contributed by atoms with Crippen LogP contribution in [0, 0.1) is 0 Å². The molecule has 2 aromatic heterocycles. The first kappa shape index (κ1) is 10.7. The number of rotatable bonds is 3. The van der Waals surface area contributed by atoms with Crippen molar-refractivity contribution in [2.45, 2.75) is 6.42 Å². The van der Waals surface area contributed by atoms with E-state index < -0.39 is 0 Å². The molecule has 86 valence electrons. The van der Waals surface area contributed by atoms with Gasteiger partial charge in [0.05, 0.1) is 4.88 Å². The van der Waals surface area contributed by atoms with Crippen LogP contribution in [0.5, 0.6) is 0 Å². The molecule has 3 aromatic rings. The molecule has 3 rings (SSSR count). The lowest BCUT2D eigenvalue weighted by atomic mass is 10.2. The molecule has 0 saturated carbocycles. The van der Waals surface area contributed by atoms with Gasteiger partial charge in [-0.25, -0.2) is 0 Å². The maximum atomic E-state index is 5.63. The summed E-state index contributed by atoms with van der Waals surface area (Å²) in [6.45, 7) is 0. The van der Waals surface area contributed by atoms with E-state index in [1.807, 2.05) is 12.1 Å². The summed E-state index contributed by atoms with van der Waals surface area (Å²) in [4.78, 5) is 1.000. The molecule has 0 aliphatic carbocycles. The van der Waals surface area contributed by atoms with Crippen LogP contribution >= 0.6 is 22.9 Å². The monoisotopic (exact) mass is 264 g/mol. The van der Waals surface area contributed by atoms with E-state index in [0.717, 1.165) is 4.88 Å². The van der Waals surface area contributed by atoms with Crippen LogP contribution in [0.25, 0.3) is 20.9 Å². The Labute approximate surface area is 107 Å². The van der Waals surface area contributed by atoms with Crippen LogP contribution in [0.1, 0.15) is 5.89 Å². The quantitative estimate of drug-likeness (QED) is 0.677. The van der Waals surface area contributed by atoms with E-state index >= 15 is 0 Å². The van der Waals surface area contributed by atoms with Crippen LogP contribution in [0.3, 0.4) is 0 Å². The summed E-state index contributed by atoms with van der Waals surface area (Å²) in [5.74, 6) is 1.66. The third-order valence-corrected chi connectivity index (χ3v) is 3.70. The van der Waals surface area contributed by atoms with Gasteiger partial charge in [0.25, 0.3) is 5.89 Å². The summed E-state index contributed by atoms with van der Waals surface area (Å²) in [5.41, 5.74) is 0. The van der Waals surface area contributed by atoms with Gasteiger partial charge in [0.2, 0.25) is 5.89 Å². The van der Waals surface area contributed by atoms with E-state index in [4.69, 9.17) is 16.0 Å². The fraction of sp³-hybridized carbons (Fsp3) is 0.167. The summed E-state index contributed by atoms with van der Waals surface area (Å²) in [6.07, 6.45) is 0.611. The molecule has 1 aromatic carbocycles. The van der Waals surface area contributed by atoms with Gasteiger partial charge >= 0.3 is 0 Å². The number of aromatic nitrogens is 2. The molecule has 0 bridgehead atoms. The van der Waals surface area contributed by atoms with Crippen molar-refractivity contribution in [3.05, 3.63) is 36.2 Å². The normalized spacial score (nSPS) is 11.1. The minimum absolute atomic E-state index is 0.494. The molecule has 0 atom stereocenters. The molecule has 0 radical (unpaired) electrons. The zero-order chi connectivity index (χ0) is 11.7. The highest BCUT2D eigenvalue weighted by molar-refractivity contribution is 7.22. The Hall–Kier alpha value is -1.39. The first-order valence-electron chi connectivity index (χ1n) is 5.24. The van der Waals surface area contributed by atoms with E-state index in [2.05, 4.69) is 28.4 Å². The van der Waals surface area contributed by atoms with Crippen molar-refractivity contribution in [2.24, 2.45) is 0 Å². The lowest BCUT2D eigenvalue weighted by Gasteiger charge is -1.86. The third kappa shape index (κ3) is 2.06. The summed E-state index contributed by atoms with van der Waals surface area (Å²) in [5, 5.41) is 9.19. The van der Waals surface area contributed by atoms with Gasteiger partial charge in [-0.15, -0.1) is 33.1 Å². The van der Waals surface area contributed by atoms with Crippen LogP contribution in [-0.2, 0) is 6.42 Å². The summed E-state index contributed by atoms with van der Waals surface area (Å²) in [7, 11) is 0. The topological polar surface area (TPSA) is 38.9 Å². The molecule has 0 spiro atoms. The van der Waals surface area contributed by atoms with Gasteiger partial charge in [0, 0.05) is 17.0 Å². The number of hydrogen-bond acceptors (Lipinski definition) is 4. The van der Waals surface area contributed by atoms with Crippen LogP contribution in [0.15, 0.2) is 34.7 Å². The molecule has 0 aliphatic rings. The highest BCUT2D eigenvalue weighted by Crippen LogP contribution is 2.32. The Morgan fingerprint density at radius 1 is 1.24 bits per heavy atom. The van der Waals surface area contributed by atoms with Gasteiger partial charge < -0.3 is 4.42 Å². The molecular formula is C12H9ClN2OS. The largest absolute Gasteiger partial charge is 0.420 e. The smallest absolute Gasteiger partial charge is 0.257 e. The fourth-order valence-corrected chi connectivity index (χ4v) is 2.77. The standard InChI is InChI=1S/C12H9ClN2OS/c13-6-5-11-14-15-12(16-11)10-7-8-3-1-2-4-9(8)17-10/h1-4,7H,5-6H2. The second-order valence-electron chi connectivity index (χ2n) is 3.59. The van der Waals surface area contributed by atoms with Crippen molar-refractivity contribution in [3.8, 4) is 10.8 Å². The third-order valence-electron chi connectivity index (χ3n) is 2.41. The second kappa shape index (κ2) is 4.47. The Morgan fingerprint density at radius 2 is 2.12 bits per heavy atom. The second-order valence-corrected chi connectivity index (χ2v) is 5.05. The Morgan fingerprint density at radius 3 is 2.94 bits per heavy atom. The van der Waals surface area contributed by atoms with Crippen LogP contribution in [0.4, 0.5) is 0 Å². The Balaban J connectivity index is 2.01. The predicted octanol–water partition coefficient (Wildman–Crippen LogP) is 3.73. The van der Waals surface area contributed by atoms with Crippen molar-refractivity contribution in [1.29, 1.82) is 0 Å². The number of halogens is 1. The predicted molar refractivity (Wildman–Crippen MR) is 69.5 cm³/mol. The van der Waals surface area contributed by atoms with Crippen molar-refractivity contribution in [2.75, 3.05) is 5.88 Å². The lowest BCUT2D eigenvalue weighted by Crippen LogP contribution is -1.84. The molecule has 5 heteroatoms. The van der Waals surface area contributed by atoms with E-state index in [0.29, 0.717) is 24.1 Å². The fourth-order valence-electron chi connectivity index (χ4n) is 1.62. The van der Waals surface area contributed by atoms with Gasteiger partial charge in [-0.05, 0) is 17.5 Å². The molecule has 3 nitrogen and oxygen atoms in total. The highest BCUT2D eigenvalue weighted by Gasteiger charge is 2.11. The van der Waals surface area contributed by atoms with Gasteiger partial charge in [0.1, 0.15) is 0 Å². The van der Waals surface area contributed by atoms with Gasteiger partial charge in [-0.2, -0.15) is 0 Å². The minimum Gasteiger partial charge on any atom is -0.420 e. The maximum absolute atomic E-state index is 5.63. The molecule has 0 N–H and O–H groups in total. The van der Waals surface area contributed by atoms with E-state index in [-0.39, 0.29) is 0 Å². The first-order valence-corrected chi connectivity index (χ1v) is 6.59. The molecule has 0 amide bonds. The van der Waals surface area contributed by atoms with Crippen LogP contribution < -0.4 is 0 Å². The van der Waals surface area contributed by atoms with Crippen molar-refractivity contribution in [3.63, 3.8) is 0 Å². The average Bonchev–Trinajstić information content (AvgIpc) is 2.94. The number of benzene rings is 1. The molecule has 17 heavy (non-hydrogen) atoms. The Kier molecular flexibility index (Phi) is 2.82. The molecule has 2 heterocycles. The Bertz CT molecular complexity index is 614. The van der Waals surface area contributed by atoms with Crippen molar-refractivity contribution < 1.29 is 4.42 Å². The van der Waals surface area contributed by atoms with E-state index in [1.54, 1.807) is 11.3 Å². The van der Waals surface area contributed by atoms with Crippen LogP contribution in [0.2, 0.25) is 0 Å². The number of nitrogens with zero attached hydrogens (tertiary/aromatic N) is 2.